The number of rotatable bonds is 39. The molecule has 0 heterocycles. The first-order valence-electron chi connectivity index (χ1n) is 23.0. The Balaban J connectivity index is 0.0000314. The zero-order valence-corrected chi connectivity index (χ0v) is 39.7. The van der Waals surface area contributed by atoms with Gasteiger partial charge in [0, 0.05) is 0 Å². The summed E-state index contributed by atoms with van der Waals surface area (Å²) in [4.78, 5) is 25.2. The first kappa shape index (κ1) is 55.5. The number of unbranched alkanes of at least 4 members (excludes halogenated alkanes) is 28. The van der Waals surface area contributed by atoms with E-state index >= 15 is 0 Å². The van der Waals surface area contributed by atoms with E-state index < -0.39 is 27.0 Å². The number of hydrogen-bond donors (Lipinski definition) is 0. The van der Waals surface area contributed by atoms with Gasteiger partial charge in [-0.25, -0.2) is 18.0 Å². The summed E-state index contributed by atoms with van der Waals surface area (Å²) in [6.45, 7) is 4.86. The molecule has 0 N–H and O–H groups in total. The van der Waals surface area contributed by atoms with E-state index in [0.717, 1.165) is 82.4 Å². The van der Waals surface area contributed by atoms with Crippen molar-refractivity contribution in [3.63, 3.8) is 0 Å². The van der Waals surface area contributed by atoms with Crippen molar-refractivity contribution in [1.29, 1.82) is 0 Å². The Morgan fingerprint density at radius 3 is 1.11 bits per heavy atom. The van der Waals surface area contributed by atoms with Crippen molar-refractivity contribution in [2.75, 3.05) is 13.2 Å². The molecule has 57 heavy (non-hydrogen) atoms. The van der Waals surface area contributed by atoms with Crippen molar-refractivity contribution in [3.05, 3.63) is 53.6 Å². The third kappa shape index (κ3) is 33.0. The molecule has 322 valence electrons. The normalized spacial score (nSPS) is 11.7. The van der Waals surface area contributed by atoms with Crippen LogP contribution in [-0.2, 0) is 19.6 Å². The summed E-state index contributed by atoms with van der Waals surface area (Å²) < 4.78 is 45.8. The largest absolute Gasteiger partial charge is 1.00 e. The van der Waals surface area contributed by atoms with Gasteiger partial charge in [0.25, 0.3) is 0 Å². The van der Waals surface area contributed by atoms with Crippen LogP contribution in [0.2, 0.25) is 0 Å². The number of carbonyl (C=O) groups excluding carboxylic acids is 2. The molecule has 0 unspecified atom stereocenters. The van der Waals surface area contributed by atoms with E-state index in [-0.39, 0.29) is 53.9 Å². The molecule has 0 aliphatic rings. The molecule has 0 saturated carbocycles. The maximum Gasteiger partial charge on any atom is 1.00 e. The van der Waals surface area contributed by atoms with E-state index in [2.05, 4.69) is 38.2 Å². The van der Waals surface area contributed by atoms with Gasteiger partial charge in [0.2, 0.25) is 0 Å². The van der Waals surface area contributed by atoms with Gasteiger partial charge in [-0.15, -0.1) is 0 Å². The van der Waals surface area contributed by atoms with E-state index in [1.165, 1.54) is 128 Å². The molecular weight excluding hydrogens is 744 g/mol. The van der Waals surface area contributed by atoms with Gasteiger partial charge in [0.05, 0.1) is 29.2 Å². The summed E-state index contributed by atoms with van der Waals surface area (Å²) in [5.74, 6) is -1.57. The first-order valence-corrected chi connectivity index (χ1v) is 24.5. The van der Waals surface area contributed by atoms with Crippen LogP contribution in [0.1, 0.15) is 240 Å². The summed E-state index contributed by atoms with van der Waals surface area (Å²) in [6.07, 6.45) is 48.0. The average molecular weight is 825 g/mol. The van der Waals surface area contributed by atoms with Crippen molar-refractivity contribution in [1.82, 2.24) is 0 Å². The molecule has 0 bridgehead atoms. The zero-order valence-electron chi connectivity index (χ0n) is 36.8. The predicted molar refractivity (Wildman–Crippen MR) is 232 cm³/mol. The molecule has 0 radical (unpaired) electrons. The second-order valence-electron chi connectivity index (χ2n) is 15.7. The molecule has 0 saturated heterocycles. The first-order chi connectivity index (χ1) is 27.3. The summed E-state index contributed by atoms with van der Waals surface area (Å²) >= 11 is 0. The molecule has 0 aliphatic heterocycles. The molecule has 1 rings (SSSR count). The number of benzene rings is 1. The molecule has 1 aromatic rings. The average Bonchev–Trinajstić information content (AvgIpc) is 3.18. The number of allylic oxidation sites excluding steroid dienone is 4. The van der Waals surface area contributed by atoms with Crippen LogP contribution in [0.4, 0.5) is 0 Å². The van der Waals surface area contributed by atoms with Crippen LogP contribution in [0.5, 0.6) is 0 Å². The van der Waals surface area contributed by atoms with Gasteiger partial charge < -0.3 is 14.0 Å². The smallest absolute Gasteiger partial charge is 0.744 e. The zero-order chi connectivity index (χ0) is 40.8. The molecule has 0 spiro atoms. The van der Waals surface area contributed by atoms with Gasteiger partial charge in [-0.1, -0.05) is 179 Å². The van der Waals surface area contributed by atoms with Gasteiger partial charge in [0.15, 0.2) is 0 Å². The predicted octanol–water partition coefficient (Wildman–Crippen LogP) is 11.5. The third-order valence-corrected chi connectivity index (χ3v) is 11.3. The van der Waals surface area contributed by atoms with Gasteiger partial charge in [-0.3, -0.25) is 0 Å². The second-order valence-corrected chi connectivity index (χ2v) is 17.1. The van der Waals surface area contributed by atoms with Crippen molar-refractivity contribution < 1.29 is 61.6 Å². The Morgan fingerprint density at radius 1 is 0.474 bits per heavy atom. The molecule has 0 amide bonds. The van der Waals surface area contributed by atoms with E-state index in [0.29, 0.717) is 12.8 Å². The van der Waals surface area contributed by atoms with Crippen LogP contribution in [0.15, 0.2) is 47.4 Å². The van der Waals surface area contributed by atoms with Gasteiger partial charge in [-0.05, 0) is 82.4 Å². The van der Waals surface area contributed by atoms with Gasteiger partial charge in [-0.2, -0.15) is 0 Å². The van der Waals surface area contributed by atoms with Crippen LogP contribution in [-0.4, -0.2) is 38.1 Å². The fourth-order valence-corrected chi connectivity index (χ4v) is 7.41. The number of carbonyl (C=O) groups is 2. The maximum absolute atomic E-state index is 12.9. The molecule has 1 aromatic carbocycles. The van der Waals surface area contributed by atoms with Crippen LogP contribution < -0.4 is 29.6 Å². The minimum absolute atomic E-state index is 0. The molecule has 0 fully saturated rings. The van der Waals surface area contributed by atoms with Crippen molar-refractivity contribution >= 4 is 22.1 Å². The fraction of sp³-hybridized carbons (Fsp3) is 0.750. The van der Waals surface area contributed by atoms with Gasteiger partial charge in [0.1, 0.15) is 10.1 Å². The molecule has 0 aromatic heterocycles. The molecule has 0 atom stereocenters. The Morgan fingerprint density at radius 2 is 0.772 bits per heavy atom. The molecular formula is C48H81NaO7S. The van der Waals surface area contributed by atoms with E-state index in [9.17, 15) is 22.6 Å². The standard InChI is InChI=1S/C48H82O7S.Na/c1-3-5-7-9-11-13-15-17-19-21-23-25-27-29-31-33-35-37-41-54-47(49)45-40-39-44(56(51,52)53)43-46(45)48(50)55-42-38-36-34-32-30-28-26-24-22-20-18-16-14-12-10-8-6-4-2;/h25-28,39-40,43H,3-24,29-38,41-42H2,1-2H3,(H,51,52,53);/q;+1/p-1/b27-25+,28-26+;. The quantitative estimate of drug-likeness (QED) is 0.0214. The number of esters is 2. The minimum Gasteiger partial charge on any atom is -0.744 e. The Bertz CT molecular complexity index is 1280. The van der Waals surface area contributed by atoms with Crippen molar-refractivity contribution in [3.8, 4) is 0 Å². The third-order valence-electron chi connectivity index (χ3n) is 10.5. The van der Waals surface area contributed by atoms with Crippen LogP contribution >= 0.6 is 0 Å². The summed E-state index contributed by atoms with van der Waals surface area (Å²) in [6, 6.07) is 3.12. The number of ether oxygens (including phenoxy) is 2. The Kier molecular flexibility index (Phi) is 39.0. The SMILES string of the molecule is CCCCCCCCCCCC/C=C/CCCCCCOC(=O)c1ccc(S(=O)(=O)[O-])cc1C(=O)OCCCCCC/C=C/CCCCCCCCCCCC.[Na+]. The maximum atomic E-state index is 12.9. The number of hydrogen-bond acceptors (Lipinski definition) is 7. The van der Waals surface area contributed by atoms with E-state index in [1.54, 1.807) is 0 Å². The van der Waals surface area contributed by atoms with Crippen molar-refractivity contribution in [2.24, 2.45) is 0 Å². The molecule has 9 heteroatoms. The molecule has 0 aliphatic carbocycles. The summed E-state index contributed by atoms with van der Waals surface area (Å²) in [7, 11) is -4.82. The Labute approximate surface area is 372 Å². The summed E-state index contributed by atoms with van der Waals surface area (Å²) in [5, 5.41) is 0. The minimum atomic E-state index is -4.82. The van der Waals surface area contributed by atoms with E-state index in [4.69, 9.17) is 9.47 Å². The second kappa shape index (κ2) is 40.0. The van der Waals surface area contributed by atoms with E-state index in [1.807, 2.05) is 0 Å². The topological polar surface area (TPSA) is 110 Å². The van der Waals surface area contributed by atoms with Crippen LogP contribution in [0.25, 0.3) is 0 Å². The summed E-state index contributed by atoms with van der Waals surface area (Å²) in [5.41, 5.74) is -0.358. The monoisotopic (exact) mass is 825 g/mol. The van der Waals surface area contributed by atoms with Gasteiger partial charge >= 0.3 is 41.5 Å². The van der Waals surface area contributed by atoms with Crippen LogP contribution in [0.3, 0.4) is 0 Å². The Hall–Kier alpha value is -1.45. The van der Waals surface area contributed by atoms with Crippen LogP contribution in [0, 0.1) is 0 Å². The fourth-order valence-electron chi connectivity index (χ4n) is 6.92. The van der Waals surface area contributed by atoms with Crippen molar-refractivity contribution in [2.45, 2.75) is 224 Å². The molecule has 7 nitrogen and oxygen atoms in total.